The fraction of sp³-hybridized carbons (Fsp3) is 0.235. The van der Waals surface area contributed by atoms with Gasteiger partial charge in [0.05, 0.1) is 4.90 Å². The van der Waals surface area contributed by atoms with Gasteiger partial charge in [0.1, 0.15) is 13.2 Å². The van der Waals surface area contributed by atoms with Gasteiger partial charge in [-0.2, -0.15) is 4.31 Å². The van der Waals surface area contributed by atoms with Crippen molar-refractivity contribution in [3.63, 3.8) is 0 Å². The summed E-state index contributed by atoms with van der Waals surface area (Å²) in [5.41, 5.74) is 1.73. The van der Waals surface area contributed by atoms with E-state index in [0.29, 0.717) is 5.02 Å². The van der Waals surface area contributed by atoms with Gasteiger partial charge in [0.15, 0.2) is 0 Å². The summed E-state index contributed by atoms with van der Waals surface area (Å²) in [6, 6.07) is 13.3. The number of hydrogen-bond acceptors (Lipinski definition) is 4. The molecule has 0 saturated carbocycles. The summed E-state index contributed by atoms with van der Waals surface area (Å²) in [6.45, 7) is 1.58. The number of ether oxygens (including phenoxy) is 1. The van der Waals surface area contributed by atoms with E-state index in [-0.39, 0.29) is 18.0 Å². The molecule has 0 atom stereocenters. The topological polar surface area (TPSA) is 63.7 Å². The number of likely N-dealkylation sites (N-methyl/N-ethyl adjacent to an activating group) is 1. The summed E-state index contributed by atoms with van der Waals surface area (Å²) in [5.74, 6) is -0.622. The van der Waals surface area contributed by atoms with Crippen molar-refractivity contribution in [3.05, 3.63) is 64.7 Å². The molecule has 0 aliphatic heterocycles. The van der Waals surface area contributed by atoms with Crippen LogP contribution in [0, 0.1) is 6.92 Å². The molecule has 0 aromatic heterocycles. The van der Waals surface area contributed by atoms with Crippen LogP contribution < -0.4 is 0 Å². The third kappa shape index (κ3) is 4.80. The normalized spacial score (nSPS) is 11.5. The SMILES string of the molecule is Cc1ccc(S(=O)(=O)N(C)CC(=O)OCc2ccc(Cl)cc2)cc1. The van der Waals surface area contributed by atoms with Crippen LogP contribution in [0.3, 0.4) is 0 Å². The Kier molecular flexibility index (Phi) is 5.99. The Hall–Kier alpha value is -1.89. The van der Waals surface area contributed by atoms with Crippen LogP contribution in [0.5, 0.6) is 0 Å². The Morgan fingerprint density at radius 3 is 2.25 bits per heavy atom. The average molecular weight is 368 g/mol. The van der Waals surface area contributed by atoms with Crippen LogP contribution in [-0.2, 0) is 26.2 Å². The van der Waals surface area contributed by atoms with E-state index in [1.165, 1.54) is 19.2 Å². The molecule has 2 rings (SSSR count). The first kappa shape index (κ1) is 18.4. The van der Waals surface area contributed by atoms with Crippen molar-refractivity contribution in [2.24, 2.45) is 0 Å². The zero-order chi connectivity index (χ0) is 17.7. The first-order valence-corrected chi connectivity index (χ1v) is 9.04. The molecule has 0 unspecified atom stereocenters. The molecule has 0 bridgehead atoms. The highest BCUT2D eigenvalue weighted by atomic mass is 35.5. The zero-order valence-electron chi connectivity index (χ0n) is 13.4. The Morgan fingerprint density at radius 1 is 1.08 bits per heavy atom. The summed E-state index contributed by atoms with van der Waals surface area (Å²) in [4.78, 5) is 12.0. The van der Waals surface area contributed by atoms with Gasteiger partial charge in [-0.05, 0) is 36.8 Å². The summed E-state index contributed by atoms with van der Waals surface area (Å²) in [5, 5.41) is 0.592. The molecule has 128 valence electrons. The molecule has 0 fully saturated rings. The molecule has 0 heterocycles. The second kappa shape index (κ2) is 7.79. The number of nitrogens with zero attached hydrogens (tertiary/aromatic N) is 1. The molecular formula is C17H18ClNO4S. The van der Waals surface area contributed by atoms with Crippen LogP contribution in [0.4, 0.5) is 0 Å². The number of carbonyl (C=O) groups excluding carboxylic acids is 1. The molecule has 2 aromatic rings. The second-order valence-electron chi connectivity index (χ2n) is 5.36. The third-order valence-corrected chi connectivity index (χ3v) is 5.46. The van der Waals surface area contributed by atoms with E-state index in [9.17, 15) is 13.2 Å². The van der Waals surface area contributed by atoms with Crippen LogP contribution in [0.15, 0.2) is 53.4 Å². The van der Waals surface area contributed by atoms with Crippen molar-refractivity contribution in [1.82, 2.24) is 4.31 Å². The van der Waals surface area contributed by atoms with Crippen molar-refractivity contribution in [3.8, 4) is 0 Å². The molecule has 0 saturated heterocycles. The van der Waals surface area contributed by atoms with Crippen molar-refractivity contribution < 1.29 is 17.9 Å². The molecule has 0 spiro atoms. The van der Waals surface area contributed by atoms with Gasteiger partial charge in [0.25, 0.3) is 0 Å². The number of sulfonamides is 1. The van der Waals surface area contributed by atoms with E-state index in [1.807, 2.05) is 6.92 Å². The lowest BCUT2D eigenvalue weighted by atomic mass is 10.2. The van der Waals surface area contributed by atoms with Gasteiger partial charge in [-0.15, -0.1) is 0 Å². The van der Waals surface area contributed by atoms with E-state index in [0.717, 1.165) is 15.4 Å². The number of carbonyl (C=O) groups is 1. The summed E-state index contributed by atoms with van der Waals surface area (Å²) >= 11 is 5.78. The minimum atomic E-state index is -3.72. The summed E-state index contributed by atoms with van der Waals surface area (Å²) < 4.78 is 30.9. The Morgan fingerprint density at radius 2 is 1.67 bits per heavy atom. The van der Waals surface area contributed by atoms with Crippen LogP contribution in [0.2, 0.25) is 5.02 Å². The third-order valence-electron chi connectivity index (χ3n) is 3.39. The van der Waals surface area contributed by atoms with Crippen LogP contribution in [-0.4, -0.2) is 32.3 Å². The van der Waals surface area contributed by atoms with Gasteiger partial charge < -0.3 is 4.74 Å². The smallest absolute Gasteiger partial charge is 0.321 e. The van der Waals surface area contributed by atoms with Gasteiger partial charge in [-0.3, -0.25) is 4.79 Å². The Labute approximate surface area is 146 Å². The summed E-state index contributed by atoms with van der Waals surface area (Å²) in [6.07, 6.45) is 0. The van der Waals surface area contributed by atoms with Crippen molar-refractivity contribution in [1.29, 1.82) is 0 Å². The van der Waals surface area contributed by atoms with E-state index >= 15 is 0 Å². The molecule has 24 heavy (non-hydrogen) atoms. The largest absolute Gasteiger partial charge is 0.460 e. The number of halogens is 1. The monoisotopic (exact) mass is 367 g/mol. The van der Waals surface area contributed by atoms with Crippen molar-refractivity contribution in [2.45, 2.75) is 18.4 Å². The molecule has 0 N–H and O–H groups in total. The molecule has 0 radical (unpaired) electrons. The molecule has 5 nitrogen and oxygen atoms in total. The number of rotatable bonds is 6. The molecule has 2 aromatic carbocycles. The number of esters is 1. The molecular weight excluding hydrogens is 350 g/mol. The number of benzene rings is 2. The van der Waals surface area contributed by atoms with Gasteiger partial charge in [0, 0.05) is 12.1 Å². The van der Waals surface area contributed by atoms with E-state index in [2.05, 4.69) is 0 Å². The molecule has 7 heteroatoms. The first-order valence-electron chi connectivity index (χ1n) is 7.22. The molecule has 0 amide bonds. The van der Waals surface area contributed by atoms with E-state index in [4.69, 9.17) is 16.3 Å². The van der Waals surface area contributed by atoms with Crippen LogP contribution in [0.25, 0.3) is 0 Å². The van der Waals surface area contributed by atoms with Crippen molar-refractivity contribution >= 4 is 27.6 Å². The number of hydrogen-bond donors (Lipinski definition) is 0. The zero-order valence-corrected chi connectivity index (χ0v) is 15.0. The maximum atomic E-state index is 12.4. The minimum Gasteiger partial charge on any atom is -0.460 e. The van der Waals surface area contributed by atoms with E-state index in [1.54, 1.807) is 36.4 Å². The summed E-state index contributed by atoms with van der Waals surface area (Å²) in [7, 11) is -2.38. The standard InChI is InChI=1S/C17H18ClNO4S/c1-13-3-9-16(10-4-13)24(21,22)19(2)11-17(20)23-12-14-5-7-15(18)8-6-14/h3-10H,11-12H2,1-2H3. The fourth-order valence-corrected chi connectivity index (χ4v) is 3.19. The number of aryl methyl sites for hydroxylation is 1. The second-order valence-corrected chi connectivity index (χ2v) is 7.84. The van der Waals surface area contributed by atoms with Crippen molar-refractivity contribution in [2.75, 3.05) is 13.6 Å². The minimum absolute atomic E-state index is 0.0639. The van der Waals surface area contributed by atoms with Crippen LogP contribution in [0.1, 0.15) is 11.1 Å². The lowest BCUT2D eigenvalue weighted by molar-refractivity contribution is -0.144. The predicted octanol–water partition coefficient (Wildman–Crippen LogP) is 3.01. The maximum absolute atomic E-state index is 12.4. The van der Waals surface area contributed by atoms with Gasteiger partial charge >= 0.3 is 5.97 Å². The van der Waals surface area contributed by atoms with Gasteiger partial charge in [0.2, 0.25) is 10.0 Å². The van der Waals surface area contributed by atoms with Gasteiger partial charge in [-0.1, -0.05) is 41.4 Å². The maximum Gasteiger partial charge on any atom is 0.321 e. The quantitative estimate of drug-likeness (QED) is 0.736. The Bertz CT molecular complexity index is 801. The lowest BCUT2D eigenvalue weighted by Gasteiger charge is -2.16. The highest BCUT2D eigenvalue weighted by Crippen LogP contribution is 2.15. The van der Waals surface area contributed by atoms with Crippen LogP contribution >= 0.6 is 11.6 Å². The van der Waals surface area contributed by atoms with Gasteiger partial charge in [-0.25, -0.2) is 8.42 Å². The lowest BCUT2D eigenvalue weighted by Crippen LogP contribution is -2.33. The highest BCUT2D eigenvalue weighted by molar-refractivity contribution is 7.89. The van der Waals surface area contributed by atoms with E-state index < -0.39 is 16.0 Å². The fourth-order valence-electron chi connectivity index (χ4n) is 1.95. The molecule has 0 aliphatic rings. The predicted molar refractivity (Wildman–Crippen MR) is 92.2 cm³/mol. The Balaban J connectivity index is 1.95. The average Bonchev–Trinajstić information content (AvgIpc) is 2.54. The molecule has 0 aliphatic carbocycles. The first-order chi connectivity index (χ1) is 11.3. The highest BCUT2D eigenvalue weighted by Gasteiger charge is 2.23.